The van der Waals surface area contributed by atoms with E-state index in [4.69, 9.17) is 5.11 Å². The summed E-state index contributed by atoms with van der Waals surface area (Å²) in [7, 11) is -2.22. The van der Waals surface area contributed by atoms with E-state index in [1.165, 1.54) is 24.1 Å². The summed E-state index contributed by atoms with van der Waals surface area (Å²) in [5.41, 5.74) is 1.26. The summed E-state index contributed by atoms with van der Waals surface area (Å²) < 4.78 is 44.1. The van der Waals surface area contributed by atoms with E-state index in [0.29, 0.717) is 23.4 Å². The van der Waals surface area contributed by atoms with Crippen molar-refractivity contribution >= 4 is 27.8 Å². The summed E-state index contributed by atoms with van der Waals surface area (Å²) in [5.74, 6) is -0.593. The Hall–Kier alpha value is -3.74. The molecule has 37 heavy (non-hydrogen) atoms. The third-order valence-corrected chi connectivity index (χ3v) is 7.18. The highest BCUT2D eigenvalue weighted by molar-refractivity contribution is 7.92. The van der Waals surface area contributed by atoms with Crippen LogP contribution in [0.4, 0.5) is 20.8 Å². The van der Waals surface area contributed by atoms with Crippen LogP contribution in [0, 0.1) is 5.82 Å². The summed E-state index contributed by atoms with van der Waals surface area (Å²) in [6, 6.07) is 5.76. The number of carboxylic acid groups (broad SMARTS) is 1. The van der Waals surface area contributed by atoms with Crippen LogP contribution in [-0.4, -0.2) is 69.7 Å². The van der Waals surface area contributed by atoms with Gasteiger partial charge in [0, 0.05) is 49.2 Å². The van der Waals surface area contributed by atoms with E-state index in [9.17, 15) is 13.2 Å². The Labute approximate surface area is 215 Å². The Balaban J connectivity index is 2.00. The molecule has 1 aromatic carbocycles. The standard InChI is InChI=1S/C24H32FN7O4S/c1-6-12-37(35,36)30-20-9-7-8-17(21(20)25)22-18(14-32(29-22)15(2)3)19-10-11-26-23(28-19)27-13-16(4)31(5)24(33)34/h7-11,14-16,30H,6,12-13H2,1-5H3,(H,33,34)(H,26,27,28)/t16-/m0/s1. The largest absolute Gasteiger partial charge is 0.465 e. The fourth-order valence-corrected chi connectivity index (χ4v) is 4.61. The number of carbonyl (C=O) groups is 1. The summed E-state index contributed by atoms with van der Waals surface area (Å²) in [4.78, 5) is 21.1. The van der Waals surface area contributed by atoms with Gasteiger partial charge in [-0.05, 0) is 45.4 Å². The van der Waals surface area contributed by atoms with Crippen molar-refractivity contribution in [3.05, 3.63) is 42.5 Å². The van der Waals surface area contributed by atoms with Crippen molar-refractivity contribution in [2.45, 2.75) is 46.2 Å². The van der Waals surface area contributed by atoms with Gasteiger partial charge in [-0.25, -0.2) is 27.6 Å². The first-order chi connectivity index (χ1) is 17.4. The van der Waals surface area contributed by atoms with Gasteiger partial charge in [0.05, 0.1) is 17.1 Å². The summed E-state index contributed by atoms with van der Waals surface area (Å²) >= 11 is 0. The van der Waals surface area contributed by atoms with Gasteiger partial charge in [-0.2, -0.15) is 5.10 Å². The van der Waals surface area contributed by atoms with Crippen LogP contribution in [0.3, 0.4) is 0 Å². The van der Waals surface area contributed by atoms with Crippen LogP contribution in [0.15, 0.2) is 36.7 Å². The fourth-order valence-electron chi connectivity index (χ4n) is 3.48. The lowest BCUT2D eigenvalue weighted by Gasteiger charge is -2.21. The minimum Gasteiger partial charge on any atom is -0.465 e. The van der Waals surface area contributed by atoms with Crippen LogP contribution < -0.4 is 10.0 Å². The van der Waals surface area contributed by atoms with Crippen LogP contribution in [0.5, 0.6) is 0 Å². The van der Waals surface area contributed by atoms with Gasteiger partial charge >= 0.3 is 6.09 Å². The van der Waals surface area contributed by atoms with Crippen LogP contribution in [0.1, 0.15) is 40.2 Å². The molecular formula is C24H32FN7O4S. The molecule has 0 aliphatic rings. The lowest BCUT2D eigenvalue weighted by Crippen LogP contribution is -2.38. The van der Waals surface area contributed by atoms with Gasteiger partial charge in [0.1, 0.15) is 5.69 Å². The SMILES string of the molecule is CCCS(=O)(=O)Nc1cccc(-c2nn(C(C)C)cc2-c2ccnc(NC[C@H](C)N(C)C(=O)O)n2)c1F. The zero-order chi connectivity index (χ0) is 27.3. The predicted octanol–water partition coefficient (Wildman–Crippen LogP) is 4.29. The molecule has 13 heteroatoms. The lowest BCUT2D eigenvalue weighted by molar-refractivity contribution is 0.144. The first kappa shape index (κ1) is 27.8. The molecule has 3 aromatic rings. The molecule has 11 nitrogen and oxygen atoms in total. The van der Waals surface area contributed by atoms with Gasteiger partial charge in [0.15, 0.2) is 5.82 Å². The number of amides is 1. The zero-order valence-corrected chi connectivity index (χ0v) is 22.3. The molecule has 1 atom stereocenters. The van der Waals surface area contributed by atoms with E-state index < -0.39 is 21.9 Å². The molecule has 0 aliphatic heterocycles. The molecule has 200 valence electrons. The average Bonchev–Trinajstić information content (AvgIpc) is 3.29. The highest BCUT2D eigenvalue weighted by Gasteiger charge is 2.22. The summed E-state index contributed by atoms with van der Waals surface area (Å²) in [6.07, 6.45) is 2.64. The number of aromatic nitrogens is 4. The molecule has 0 aliphatic carbocycles. The minimum absolute atomic E-state index is 0.0337. The Morgan fingerprint density at radius 3 is 2.59 bits per heavy atom. The quantitative estimate of drug-likeness (QED) is 0.331. The van der Waals surface area contributed by atoms with Crippen molar-refractivity contribution in [1.29, 1.82) is 0 Å². The number of hydrogen-bond acceptors (Lipinski definition) is 7. The number of anilines is 2. The van der Waals surface area contributed by atoms with Crippen molar-refractivity contribution in [3.63, 3.8) is 0 Å². The van der Waals surface area contributed by atoms with Gasteiger partial charge in [0.25, 0.3) is 0 Å². The summed E-state index contributed by atoms with van der Waals surface area (Å²) in [5, 5.41) is 16.8. The first-order valence-electron chi connectivity index (χ1n) is 11.8. The maximum absolute atomic E-state index is 15.6. The molecule has 3 N–H and O–H groups in total. The predicted molar refractivity (Wildman–Crippen MR) is 140 cm³/mol. The molecule has 3 rings (SSSR count). The van der Waals surface area contributed by atoms with E-state index in [0.717, 1.165) is 0 Å². The molecule has 0 saturated heterocycles. The number of sulfonamides is 1. The van der Waals surface area contributed by atoms with Crippen LogP contribution in [-0.2, 0) is 10.0 Å². The molecule has 1 amide bonds. The third-order valence-electron chi connectivity index (χ3n) is 5.70. The van der Waals surface area contributed by atoms with Crippen molar-refractivity contribution < 1.29 is 22.7 Å². The molecule has 2 aromatic heterocycles. The van der Waals surface area contributed by atoms with Crippen LogP contribution in [0.2, 0.25) is 0 Å². The molecule has 0 spiro atoms. The molecule has 0 unspecified atom stereocenters. The Bertz CT molecular complexity index is 1360. The number of hydrogen-bond donors (Lipinski definition) is 3. The number of nitrogens with one attached hydrogen (secondary N) is 2. The second-order valence-electron chi connectivity index (χ2n) is 8.94. The highest BCUT2D eigenvalue weighted by Crippen LogP contribution is 2.35. The first-order valence-corrected chi connectivity index (χ1v) is 13.5. The molecular weight excluding hydrogens is 501 g/mol. The Morgan fingerprint density at radius 1 is 1.22 bits per heavy atom. The van der Waals surface area contributed by atoms with E-state index in [1.54, 1.807) is 43.1 Å². The van der Waals surface area contributed by atoms with Gasteiger partial charge in [-0.3, -0.25) is 9.40 Å². The minimum atomic E-state index is -3.69. The fraction of sp³-hybridized carbons (Fsp3) is 0.417. The number of likely N-dealkylation sites (N-methyl/N-ethyl adjacent to an activating group) is 1. The topological polar surface area (TPSA) is 142 Å². The van der Waals surface area contributed by atoms with Crippen LogP contribution >= 0.6 is 0 Å². The van der Waals surface area contributed by atoms with Crippen molar-refractivity contribution in [2.75, 3.05) is 29.4 Å². The second-order valence-corrected chi connectivity index (χ2v) is 10.8. The Morgan fingerprint density at radius 2 is 1.95 bits per heavy atom. The molecule has 0 saturated carbocycles. The lowest BCUT2D eigenvalue weighted by atomic mass is 10.0. The monoisotopic (exact) mass is 533 g/mol. The maximum Gasteiger partial charge on any atom is 0.407 e. The number of benzene rings is 1. The van der Waals surface area contributed by atoms with E-state index in [-0.39, 0.29) is 41.6 Å². The van der Waals surface area contributed by atoms with Crippen LogP contribution in [0.25, 0.3) is 22.5 Å². The average molecular weight is 534 g/mol. The van der Waals surface area contributed by atoms with Gasteiger partial charge in [-0.15, -0.1) is 0 Å². The van der Waals surface area contributed by atoms with E-state index in [2.05, 4.69) is 25.1 Å². The molecule has 0 radical (unpaired) electrons. The normalized spacial score (nSPS) is 12.4. The van der Waals surface area contributed by atoms with Crippen molar-refractivity contribution in [1.82, 2.24) is 24.6 Å². The Kier molecular flexibility index (Phi) is 8.69. The third kappa shape index (κ3) is 6.73. The van der Waals surface area contributed by atoms with Gasteiger partial charge < -0.3 is 15.3 Å². The number of halogens is 1. The van der Waals surface area contributed by atoms with Gasteiger partial charge in [0.2, 0.25) is 16.0 Å². The van der Waals surface area contributed by atoms with Crippen molar-refractivity contribution in [3.8, 4) is 22.5 Å². The number of nitrogens with zero attached hydrogens (tertiary/aromatic N) is 5. The van der Waals surface area contributed by atoms with Crippen molar-refractivity contribution in [2.24, 2.45) is 0 Å². The zero-order valence-electron chi connectivity index (χ0n) is 21.4. The molecule has 2 heterocycles. The maximum atomic E-state index is 15.6. The number of rotatable bonds is 11. The van der Waals surface area contributed by atoms with E-state index in [1.807, 2.05) is 13.8 Å². The molecule has 0 fully saturated rings. The second kappa shape index (κ2) is 11.5. The van der Waals surface area contributed by atoms with E-state index >= 15 is 4.39 Å². The molecule has 0 bridgehead atoms. The smallest absolute Gasteiger partial charge is 0.407 e. The van der Waals surface area contributed by atoms with Gasteiger partial charge in [-0.1, -0.05) is 13.0 Å². The summed E-state index contributed by atoms with van der Waals surface area (Å²) in [6.45, 7) is 7.62. The highest BCUT2D eigenvalue weighted by atomic mass is 32.2.